The van der Waals surface area contributed by atoms with Crippen molar-refractivity contribution in [3.8, 4) is 0 Å². The molecule has 0 bridgehead atoms. The summed E-state index contributed by atoms with van der Waals surface area (Å²) in [5.41, 5.74) is -0.932. The lowest BCUT2D eigenvalue weighted by Gasteiger charge is -2.40. The van der Waals surface area contributed by atoms with Gasteiger partial charge in [-0.25, -0.2) is 27.5 Å². The smallest absolute Gasteiger partial charge is 0.281 e. The normalized spacial score (nSPS) is 23.9. The molecule has 3 rings (SSSR count). The molecule has 0 amide bonds. The molecule has 1 aromatic heterocycles. The maximum absolute atomic E-state index is 13.4. The van der Waals surface area contributed by atoms with Gasteiger partial charge in [0.25, 0.3) is 12.3 Å². The molecule has 104 valence electrons. The fourth-order valence-corrected chi connectivity index (χ4v) is 2.71. The van der Waals surface area contributed by atoms with E-state index in [1.54, 1.807) is 4.90 Å². The Morgan fingerprint density at radius 3 is 2.37 bits per heavy atom. The van der Waals surface area contributed by atoms with Gasteiger partial charge in [-0.2, -0.15) is 0 Å². The van der Waals surface area contributed by atoms with E-state index in [9.17, 15) is 17.6 Å². The number of aromatic nitrogens is 2. The van der Waals surface area contributed by atoms with E-state index in [0.29, 0.717) is 18.7 Å². The van der Waals surface area contributed by atoms with E-state index in [1.807, 2.05) is 0 Å². The van der Waals surface area contributed by atoms with E-state index < -0.39 is 23.6 Å². The van der Waals surface area contributed by atoms with Gasteiger partial charge in [-0.1, -0.05) is 0 Å². The standard InChI is InChI=1S/C12H13F4N3/c13-10(14)8-5-18-9(6-17-8)19-4-3-12(15,16)7-11(19)1-2-11/h5-6,10H,1-4,7H2. The molecule has 2 aliphatic rings. The molecule has 19 heavy (non-hydrogen) atoms. The van der Waals surface area contributed by atoms with Crippen LogP contribution in [0.3, 0.4) is 0 Å². The van der Waals surface area contributed by atoms with Gasteiger partial charge in [-0.3, -0.25) is 0 Å². The van der Waals surface area contributed by atoms with Crippen LogP contribution in [-0.2, 0) is 0 Å². The minimum atomic E-state index is -2.66. The van der Waals surface area contributed by atoms with Crippen LogP contribution in [0.25, 0.3) is 0 Å². The first-order chi connectivity index (χ1) is 8.92. The van der Waals surface area contributed by atoms with Gasteiger partial charge >= 0.3 is 0 Å². The molecule has 7 heteroatoms. The zero-order chi connectivity index (χ0) is 13.7. The summed E-state index contributed by atoms with van der Waals surface area (Å²) in [6.45, 7) is 0.190. The molecular formula is C12H13F4N3. The molecule has 0 N–H and O–H groups in total. The lowest BCUT2D eigenvalue weighted by Crippen LogP contribution is -2.49. The number of hydrogen-bond donors (Lipinski definition) is 0. The molecule has 0 aromatic carbocycles. The summed E-state index contributed by atoms with van der Waals surface area (Å²) in [6, 6.07) is 0. The molecule has 1 aliphatic heterocycles. The topological polar surface area (TPSA) is 29.0 Å². The van der Waals surface area contributed by atoms with Gasteiger partial charge in [0.05, 0.1) is 12.4 Å². The monoisotopic (exact) mass is 275 g/mol. The molecule has 2 heterocycles. The maximum Gasteiger partial charge on any atom is 0.281 e. The molecule has 0 unspecified atom stereocenters. The van der Waals surface area contributed by atoms with Gasteiger partial charge in [0.2, 0.25) is 0 Å². The fraction of sp³-hybridized carbons (Fsp3) is 0.667. The third-order valence-electron chi connectivity index (χ3n) is 3.85. The summed E-state index contributed by atoms with van der Waals surface area (Å²) in [5.74, 6) is -2.22. The molecule has 1 saturated carbocycles. The van der Waals surface area contributed by atoms with Crippen LogP contribution < -0.4 is 4.90 Å². The highest BCUT2D eigenvalue weighted by Gasteiger charge is 2.57. The molecule has 3 nitrogen and oxygen atoms in total. The van der Waals surface area contributed by atoms with Crippen molar-refractivity contribution in [2.75, 3.05) is 11.4 Å². The van der Waals surface area contributed by atoms with Crippen molar-refractivity contribution >= 4 is 5.82 Å². The highest BCUT2D eigenvalue weighted by atomic mass is 19.3. The van der Waals surface area contributed by atoms with E-state index in [4.69, 9.17) is 0 Å². The van der Waals surface area contributed by atoms with Crippen molar-refractivity contribution in [3.63, 3.8) is 0 Å². The first-order valence-corrected chi connectivity index (χ1v) is 6.18. The lowest BCUT2D eigenvalue weighted by molar-refractivity contribution is -0.0375. The van der Waals surface area contributed by atoms with E-state index >= 15 is 0 Å². The Balaban J connectivity index is 1.83. The third kappa shape index (κ3) is 2.26. The molecule has 0 radical (unpaired) electrons. The van der Waals surface area contributed by atoms with Gasteiger partial charge in [0.1, 0.15) is 11.5 Å². The predicted molar refractivity (Wildman–Crippen MR) is 60.5 cm³/mol. The van der Waals surface area contributed by atoms with E-state index in [0.717, 1.165) is 6.20 Å². The van der Waals surface area contributed by atoms with Crippen LogP contribution in [0.1, 0.15) is 37.8 Å². The zero-order valence-corrected chi connectivity index (χ0v) is 10.1. The summed E-state index contributed by atoms with van der Waals surface area (Å²) >= 11 is 0. The van der Waals surface area contributed by atoms with Crippen molar-refractivity contribution in [2.24, 2.45) is 0 Å². The first kappa shape index (κ1) is 12.6. The Morgan fingerprint density at radius 1 is 1.11 bits per heavy atom. The summed E-state index contributed by atoms with van der Waals surface area (Å²) in [4.78, 5) is 9.39. The fourth-order valence-electron chi connectivity index (χ4n) is 2.71. The molecule has 2 fully saturated rings. The molecule has 1 spiro atoms. The second-order valence-electron chi connectivity index (χ2n) is 5.26. The lowest BCUT2D eigenvalue weighted by atomic mass is 9.96. The Bertz CT molecular complexity index is 470. The van der Waals surface area contributed by atoms with Crippen LogP contribution in [0.4, 0.5) is 23.4 Å². The van der Waals surface area contributed by atoms with Gasteiger partial charge in [0.15, 0.2) is 0 Å². The predicted octanol–water partition coefficient (Wildman–Crippen LogP) is 3.18. The molecule has 1 aromatic rings. The summed E-state index contributed by atoms with van der Waals surface area (Å²) < 4.78 is 51.7. The van der Waals surface area contributed by atoms with Gasteiger partial charge in [0, 0.05) is 24.9 Å². The van der Waals surface area contributed by atoms with Gasteiger partial charge in [-0.15, -0.1) is 0 Å². The Labute approximate surface area is 107 Å². The van der Waals surface area contributed by atoms with Gasteiger partial charge in [-0.05, 0) is 12.8 Å². The summed E-state index contributed by atoms with van der Waals surface area (Å²) in [7, 11) is 0. The van der Waals surface area contributed by atoms with Crippen LogP contribution in [0.5, 0.6) is 0 Å². The van der Waals surface area contributed by atoms with Crippen molar-refractivity contribution < 1.29 is 17.6 Å². The number of hydrogen-bond acceptors (Lipinski definition) is 3. The number of rotatable bonds is 2. The SMILES string of the molecule is FC(F)c1cnc(N2CCC(F)(F)CC23CC3)cn1. The van der Waals surface area contributed by atoms with Crippen molar-refractivity contribution in [1.29, 1.82) is 0 Å². The highest BCUT2D eigenvalue weighted by Crippen LogP contribution is 2.53. The van der Waals surface area contributed by atoms with E-state index in [1.165, 1.54) is 6.20 Å². The van der Waals surface area contributed by atoms with Crippen LogP contribution >= 0.6 is 0 Å². The van der Waals surface area contributed by atoms with Crippen molar-refractivity contribution in [1.82, 2.24) is 9.97 Å². The van der Waals surface area contributed by atoms with Gasteiger partial charge < -0.3 is 4.90 Å². The number of piperidine rings is 1. The maximum atomic E-state index is 13.4. The Kier molecular flexibility index (Phi) is 2.69. The average molecular weight is 275 g/mol. The third-order valence-corrected chi connectivity index (χ3v) is 3.85. The summed E-state index contributed by atoms with van der Waals surface area (Å²) in [6.07, 6.45) is 0.586. The second kappa shape index (κ2) is 4.05. The van der Waals surface area contributed by atoms with Crippen LogP contribution in [0.2, 0.25) is 0 Å². The van der Waals surface area contributed by atoms with Crippen molar-refractivity contribution in [2.45, 2.75) is 43.6 Å². The first-order valence-electron chi connectivity index (χ1n) is 6.18. The molecule has 1 saturated heterocycles. The van der Waals surface area contributed by atoms with E-state index in [2.05, 4.69) is 9.97 Å². The number of anilines is 1. The molecule has 1 aliphatic carbocycles. The largest absolute Gasteiger partial charge is 0.349 e. The average Bonchev–Trinajstić information content (AvgIpc) is 3.08. The van der Waals surface area contributed by atoms with E-state index in [-0.39, 0.29) is 19.4 Å². The van der Waals surface area contributed by atoms with Crippen LogP contribution in [-0.4, -0.2) is 28.0 Å². The summed E-state index contributed by atoms with van der Waals surface area (Å²) in [5, 5.41) is 0. The highest BCUT2D eigenvalue weighted by molar-refractivity contribution is 5.45. The quantitative estimate of drug-likeness (QED) is 0.776. The van der Waals surface area contributed by atoms with Crippen LogP contribution in [0.15, 0.2) is 12.4 Å². The number of halogens is 4. The number of alkyl halides is 4. The number of nitrogens with zero attached hydrogens (tertiary/aromatic N) is 3. The van der Waals surface area contributed by atoms with Crippen LogP contribution in [0, 0.1) is 0 Å². The Hall–Kier alpha value is -1.40. The molecule has 0 atom stereocenters. The minimum absolute atomic E-state index is 0.182. The minimum Gasteiger partial charge on any atom is -0.349 e. The second-order valence-corrected chi connectivity index (χ2v) is 5.26. The zero-order valence-electron chi connectivity index (χ0n) is 10.1. The van der Waals surface area contributed by atoms with Crippen molar-refractivity contribution in [3.05, 3.63) is 18.1 Å². The molecular weight excluding hydrogens is 262 g/mol. The Morgan fingerprint density at radius 2 is 1.84 bits per heavy atom.